The SMILES string of the molecule is COCC(C)NC(=O)CSC[C@@H](N)C(=O)O. The molecule has 6 nitrogen and oxygen atoms in total. The molecule has 0 fully saturated rings. The molecule has 4 N–H and O–H groups in total. The molecule has 16 heavy (non-hydrogen) atoms. The summed E-state index contributed by atoms with van der Waals surface area (Å²) in [6.45, 7) is 2.28. The average molecular weight is 250 g/mol. The molecule has 0 spiro atoms. The normalized spacial score (nSPS) is 14.2. The second kappa shape index (κ2) is 8.37. The summed E-state index contributed by atoms with van der Waals surface area (Å²) in [5.41, 5.74) is 5.28. The number of hydrogen-bond donors (Lipinski definition) is 3. The molecular formula is C9H18N2O4S. The highest BCUT2D eigenvalue weighted by Gasteiger charge is 2.13. The number of thioether (sulfide) groups is 1. The number of nitrogens with one attached hydrogen (secondary N) is 1. The lowest BCUT2D eigenvalue weighted by Crippen LogP contribution is -2.37. The summed E-state index contributed by atoms with van der Waals surface area (Å²) in [4.78, 5) is 21.7. The summed E-state index contributed by atoms with van der Waals surface area (Å²) in [5, 5.41) is 11.2. The van der Waals surface area contributed by atoms with Gasteiger partial charge in [-0.1, -0.05) is 0 Å². The lowest BCUT2D eigenvalue weighted by Gasteiger charge is -2.12. The maximum absolute atomic E-state index is 11.3. The van der Waals surface area contributed by atoms with Crippen molar-refractivity contribution in [3.8, 4) is 0 Å². The Balaban J connectivity index is 3.62. The molecule has 0 saturated heterocycles. The number of ether oxygens (including phenoxy) is 1. The van der Waals surface area contributed by atoms with Crippen LogP contribution in [0.2, 0.25) is 0 Å². The van der Waals surface area contributed by atoms with E-state index >= 15 is 0 Å². The van der Waals surface area contributed by atoms with E-state index in [-0.39, 0.29) is 23.5 Å². The molecule has 2 atom stereocenters. The highest BCUT2D eigenvalue weighted by molar-refractivity contribution is 8.00. The third-order valence-corrected chi connectivity index (χ3v) is 2.73. The van der Waals surface area contributed by atoms with Gasteiger partial charge in [-0.25, -0.2) is 0 Å². The number of carboxylic acids is 1. The van der Waals surface area contributed by atoms with Crippen molar-refractivity contribution in [2.75, 3.05) is 25.2 Å². The first kappa shape index (κ1) is 15.2. The molecule has 94 valence electrons. The monoisotopic (exact) mass is 250 g/mol. The van der Waals surface area contributed by atoms with Gasteiger partial charge < -0.3 is 20.9 Å². The van der Waals surface area contributed by atoms with E-state index in [1.54, 1.807) is 7.11 Å². The quantitative estimate of drug-likeness (QED) is 0.525. The first-order valence-corrected chi connectivity index (χ1v) is 5.97. The molecular weight excluding hydrogens is 232 g/mol. The van der Waals surface area contributed by atoms with E-state index in [1.165, 1.54) is 11.8 Å². The van der Waals surface area contributed by atoms with Crippen LogP contribution in [-0.2, 0) is 14.3 Å². The molecule has 1 unspecified atom stereocenters. The summed E-state index contributed by atoms with van der Waals surface area (Å²) < 4.78 is 4.86. The Labute approximate surface area is 98.9 Å². The largest absolute Gasteiger partial charge is 0.480 e. The second-order valence-electron chi connectivity index (χ2n) is 3.38. The fourth-order valence-electron chi connectivity index (χ4n) is 0.958. The zero-order valence-corrected chi connectivity index (χ0v) is 10.3. The number of amides is 1. The summed E-state index contributed by atoms with van der Waals surface area (Å²) in [5.74, 6) is -0.774. The number of aliphatic carboxylic acids is 1. The standard InChI is InChI=1S/C9H18N2O4S/c1-6(3-15-2)11-8(12)5-16-4-7(10)9(13)14/h6-7H,3-5,10H2,1-2H3,(H,11,12)(H,13,14)/t6?,7-/m1/s1. The van der Waals surface area contributed by atoms with Crippen molar-refractivity contribution in [2.45, 2.75) is 19.0 Å². The van der Waals surface area contributed by atoms with Crippen LogP contribution in [0.15, 0.2) is 0 Å². The molecule has 0 bridgehead atoms. The van der Waals surface area contributed by atoms with Gasteiger partial charge >= 0.3 is 5.97 Å². The van der Waals surface area contributed by atoms with Gasteiger partial charge in [-0.15, -0.1) is 11.8 Å². The van der Waals surface area contributed by atoms with E-state index in [1.807, 2.05) is 6.92 Å². The van der Waals surface area contributed by atoms with Gasteiger partial charge in [0, 0.05) is 18.9 Å². The van der Waals surface area contributed by atoms with Crippen molar-refractivity contribution in [3.63, 3.8) is 0 Å². The fraction of sp³-hybridized carbons (Fsp3) is 0.778. The maximum Gasteiger partial charge on any atom is 0.321 e. The molecule has 0 aromatic rings. The van der Waals surface area contributed by atoms with Gasteiger partial charge in [0.15, 0.2) is 0 Å². The van der Waals surface area contributed by atoms with Gasteiger partial charge in [0.05, 0.1) is 12.4 Å². The topological polar surface area (TPSA) is 102 Å². The Bertz CT molecular complexity index is 238. The predicted octanol–water partition coefficient (Wildman–Crippen LogP) is -0.717. The molecule has 0 aliphatic carbocycles. The highest BCUT2D eigenvalue weighted by Crippen LogP contribution is 2.01. The van der Waals surface area contributed by atoms with Crippen LogP contribution in [-0.4, -0.2) is 54.3 Å². The van der Waals surface area contributed by atoms with Gasteiger partial charge in [0.1, 0.15) is 6.04 Å². The first-order chi connectivity index (χ1) is 7.47. The van der Waals surface area contributed by atoms with Crippen LogP contribution in [0.4, 0.5) is 0 Å². The van der Waals surface area contributed by atoms with Crippen LogP contribution < -0.4 is 11.1 Å². The highest BCUT2D eigenvalue weighted by atomic mass is 32.2. The number of rotatable bonds is 8. The van der Waals surface area contributed by atoms with Crippen molar-refractivity contribution in [1.82, 2.24) is 5.32 Å². The van der Waals surface area contributed by atoms with Crippen molar-refractivity contribution in [1.29, 1.82) is 0 Å². The van der Waals surface area contributed by atoms with E-state index in [0.717, 1.165) is 0 Å². The molecule has 0 aromatic carbocycles. The molecule has 0 aliphatic heterocycles. The van der Waals surface area contributed by atoms with Gasteiger partial charge in [0.2, 0.25) is 5.91 Å². The molecule has 0 rings (SSSR count). The summed E-state index contributed by atoms with van der Waals surface area (Å²) in [6, 6.07) is -0.972. The first-order valence-electron chi connectivity index (χ1n) is 4.81. The number of methoxy groups -OCH3 is 1. The van der Waals surface area contributed by atoms with Gasteiger partial charge in [-0.05, 0) is 6.92 Å². The van der Waals surface area contributed by atoms with Gasteiger partial charge in [0.25, 0.3) is 0 Å². The molecule has 1 amide bonds. The Kier molecular flexibility index (Phi) is 7.96. The molecule has 0 aliphatic rings. The summed E-state index contributed by atoms with van der Waals surface area (Å²) in [7, 11) is 1.56. The van der Waals surface area contributed by atoms with Crippen molar-refractivity contribution >= 4 is 23.6 Å². The van der Waals surface area contributed by atoms with E-state index in [2.05, 4.69) is 5.32 Å². The van der Waals surface area contributed by atoms with Crippen LogP contribution in [0.5, 0.6) is 0 Å². The van der Waals surface area contributed by atoms with Crippen LogP contribution in [0, 0.1) is 0 Å². The molecule has 0 aromatic heterocycles. The van der Waals surface area contributed by atoms with Crippen LogP contribution >= 0.6 is 11.8 Å². The Morgan fingerprint density at radius 2 is 2.19 bits per heavy atom. The molecule has 7 heteroatoms. The Morgan fingerprint density at radius 1 is 1.56 bits per heavy atom. The number of carbonyl (C=O) groups excluding carboxylic acids is 1. The molecule has 0 saturated carbocycles. The van der Waals surface area contributed by atoms with Crippen molar-refractivity contribution in [3.05, 3.63) is 0 Å². The fourth-order valence-corrected chi connectivity index (χ4v) is 1.74. The second-order valence-corrected chi connectivity index (χ2v) is 4.41. The minimum Gasteiger partial charge on any atom is -0.480 e. The Hall–Kier alpha value is -0.790. The smallest absolute Gasteiger partial charge is 0.321 e. The molecule has 0 radical (unpaired) electrons. The summed E-state index contributed by atoms with van der Waals surface area (Å²) in [6.07, 6.45) is 0. The van der Waals surface area contributed by atoms with Crippen molar-refractivity contribution < 1.29 is 19.4 Å². The lowest BCUT2D eigenvalue weighted by molar-refractivity contribution is -0.138. The number of hydrogen-bond acceptors (Lipinski definition) is 5. The predicted molar refractivity (Wildman–Crippen MR) is 62.4 cm³/mol. The van der Waals surface area contributed by atoms with Gasteiger partial charge in [-0.2, -0.15) is 0 Å². The number of carboxylic acid groups (broad SMARTS) is 1. The molecule has 0 heterocycles. The Morgan fingerprint density at radius 3 is 2.69 bits per heavy atom. The minimum atomic E-state index is -1.05. The zero-order valence-electron chi connectivity index (χ0n) is 9.43. The third-order valence-electron chi connectivity index (χ3n) is 1.67. The van der Waals surface area contributed by atoms with E-state index in [0.29, 0.717) is 6.61 Å². The number of carbonyl (C=O) groups is 2. The van der Waals surface area contributed by atoms with Crippen LogP contribution in [0.25, 0.3) is 0 Å². The third kappa shape index (κ3) is 7.49. The van der Waals surface area contributed by atoms with E-state index < -0.39 is 12.0 Å². The van der Waals surface area contributed by atoms with Crippen LogP contribution in [0.1, 0.15) is 6.92 Å². The maximum atomic E-state index is 11.3. The van der Waals surface area contributed by atoms with Gasteiger partial charge in [-0.3, -0.25) is 9.59 Å². The van der Waals surface area contributed by atoms with E-state index in [4.69, 9.17) is 15.6 Å². The van der Waals surface area contributed by atoms with Crippen LogP contribution in [0.3, 0.4) is 0 Å². The minimum absolute atomic E-state index is 0.0498. The number of nitrogens with two attached hydrogens (primary N) is 1. The zero-order chi connectivity index (χ0) is 12.6. The van der Waals surface area contributed by atoms with Crippen molar-refractivity contribution in [2.24, 2.45) is 5.73 Å². The van der Waals surface area contributed by atoms with E-state index in [9.17, 15) is 9.59 Å². The lowest BCUT2D eigenvalue weighted by atomic mass is 10.3. The average Bonchev–Trinajstić information content (AvgIpc) is 2.17. The summed E-state index contributed by atoms with van der Waals surface area (Å²) >= 11 is 1.20.